The van der Waals surface area contributed by atoms with Crippen LogP contribution in [0.25, 0.3) is 21.9 Å². The van der Waals surface area contributed by atoms with Crippen molar-refractivity contribution in [2.75, 3.05) is 66.4 Å². The lowest BCUT2D eigenvalue weighted by molar-refractivity contribution is 0.416. The standard InChI is InChI=1S/C31H34BrN9O3S/c1-39-19-21(17-35-39)23-15-26(28(44-3)16-27(23)41-13-11-33-12-14-41)37-31-34-18-24(32)30(38-31)36-25-10-9-20-7-5-6-8-22(20)29(25)40(2)45(4,42)43/h5-10,15-19,33H,11-14H2,1-4H3,(H2,34,36,37,38). The zero-order valence-corrected chi connectivity index (χ0v) is 27.8. The molecule has 1 saturated heterocycles. The van der Waals surface area contributed by atoms with Gasteiger partial charge in [0.05, 0.1) is 41.1 Å². The van der Waals surface area contributed by atoms with E-state index in [9.17, 15) is 8.42 Å². The van der Waals surface area contributed by atoms with Gasteiger partial charge in [0.15, 0.2) is 0 Å². The van der Waals surface area contributed by atoms with Gasteiger partial charge in [0.2, 0.25) is 16.0 Å². The van der Waals surface area contributed by atoms with Gasteiger partial charge in [-0.1, -0.05) is 30.3 Å². The highest BCUT2D eigenvalue weighted by Gasteiger charge is 2.22. The van der Waals surface area contributed by atoms with Crippen molar-refractivity contribution in [3.8, 4) is 16.9 Å². The number of fused-ring (bicyclic) bond motifs is 1. The third-order valence-electron chi connectivity index (χ3n) is 7.75. The molecule has 234 valence electrons. The van der Waals surface area contributed by atoms with Crippen LogP contribution in [0.2, 0.25) is 0 Å². The molecule has 0 radical (unpaired) electrons. The number of piperazine rings is 1. The van der Waals surface area contributed by atoms with Crippen LogP contribution in [0, 0.1) is 0 Å². The highest BCUT2D eigenvalue weighted by Crippen LogP contribution is 2.41. The number of ether oxygens (including phenoxy) is 1. The second-order valence-corrected chi connectivity index (χ2v) is 13.6. The lowest BCUT2D eigenvalue weighted by Crippen LogP contribution is -2.43. The van der Waals surface area contributed by atoms with E-state index >= 15 is 0 Å². The fourth-order valence-electron chi connectivity index (χ4n) is 5.42. The zero-order chi connectivity index (χ0) is 31.7. The van der Waals surface area contributed by atoms with Crippen molar-refractivity contribution in [3.05, 3.63) is 71.6 Å². The zero-order valence-electron chi connectivity index (χ0n) is 25.4. The molecular formula is C31H34BrN9O3S. The molecule has 1 fully saturated rings. The Bertz CT molecular complexity index is 1980. The van der Waals surface area contributed by atoms with Gasteiger partial charge in [-0.05, 0) is 33.4 Å². The van der Waals surface area contributed by atoms with Crippen LogP contribution in [0.4, 0.5) is 34.5 Å². The summed E-state index contributed by atoms with van der Waals surface area (Å²) < 4.78 is 34.8. The Morgan fingerprint density at radius 3 is 2.53 bits per heavy atom. The van der Waals surface area contributed by atoms with E-state index in [1.54, 1.807) is 25.0 Å². The second kappa shape index (κ2) is 12.5. The monoisotopic (exact) mass is 691 g/mol. The molecule has 3 aromatic carbocycles. The van der Waals surface area contributed by atoms with Crippen molar-refractivity contribution >= 4 is 71.2 Å². The molecule has 3 heterocycles. The number of rotatable bonds is 9. The van der Waals surface area contributed by atoms with E-state index in [-0.39, 0.29) is 0 Å². The number of methoxy groups -OCH3 is 1. The van der Waals surface area contributed by atoms with Gasteiger partial charge in [0, 0.05) is 80.9 Å². The molecule has 14 heteroatoms. The molecule has 0 bridgehead atoms. The number of nitrogens with zero attached hydrogens (tertiary/aromatic N) is 6. The molecule has 12 nitrogen and oxygen atoms in total. The Morgan fingerprint density at radius 1 is 1.04 bits per heavy atom. The number of aryl methyl sites for hydroxylation is 1. The van der Waals surface area contributed by atoms with Gasteiger partial charge in [-0.25, -0.2) is 13.4 Å². The lowest BCUT2D eigenvalue weighted by Gasteiger charge is -2.31. The van der Waals surface area contributed by atoms with E-state index in [4.69, 9.17) is 9.72 Å². The fourth-order valence-corrected chi connectivity index (χ4v) is 6.24. The normalized spacial score (nSPS) is 13.6. The molecule has 0 unspecified atom stereocenters. The van der Waals surface area contributed by atoms with Crippen molar-refractivity contribution in [2.24, 2.45) is 7.05 Å². The van der Waals surface area contributed by atoms with Gasteiger partial charge in [0.25, 0.3) is 0 Å². The number of anilines is 6. The highest BCUT2D eigenvalue weighted by atomic mass is 79.9. The van der Waals surface area contributed by atoms with Gasteiger partial charge < -0.3 is 25.6 Å². The van der Waals surface area contributed by atoms with Crippen LogP contribution in [0.3, 0.4) is 0 Å². The van der Waals surface area contributed by atoms with Crippen molar-refractivity contribution in [1.82, 2.24) is 25.1 Å². The van der Waals surface area contributed by atoms with Crippen molar-refractivity contribution in [1.29, 1.82) is 0 Å². The van der Waals surface area contributed by atoms with Gasteiger partial charge in [-0.2, -0.15) is 10.1 Å². The Hall–Kier alpha value is -4.40. The Balaban J connectivity index is 1.39. The highest BCUT2D eigenvalue weighted by molar-refractivity contribution is 9.10. The average molecular weight is 693 g/mol. The second-order valence-electron chi connectivity index (χ2n) is 10.8. The minimum absolute atomic E-state index is 0.324. The van der Waals surface area contributed by atoms with Crippen molar-refractivity contribution < 1.29 is 13.2 Å². The third-order valence-corrected chi connectivity index (χ3v) is 9.51. The van der Waals surface area contributed by atoms with Gasteiger partial charge in [0.1, 0.15) is 11.6 Å². The first-order valence-electron chi connectivity index (χ1n) is 14.3. The van der Waals surface area contributed by atoms with E-state index in [1.807, 2.05) is 68.0 Å². The molecule has 45 heavy (non-hydrogen) atoms. The van der Waals surface area contributed by atoms with Gasteiger partial charge in [-0.15, -0.1) is 0 Å². The molecule has 3 N–H and O–H groups in total. The number of sulfonamides is 1. The molecule has 0 aliphatic carbocycles. The summed E-state index contributed by atoms with van der Waals surface area (Å²) >= 11 is 3.56. The Labute approximate surface area is 270 Å². The van der Waals surface area contributed by atoms with Crippen LogP contribution < -0.4 is 29.9 Å². The number of benzene rings is 3. The molecular weight excluding hydrogens is 658 g/mol. The maximum Gasteiger partial charge on any atom is 0.232 e. The summed E-state index contributed by atoms with van der Waals surface area (Å²) in [5.74, 6) is 1.42. The number of nitrogens with one attached hydrogen (secondary N) is 3. The maximum absolute atomic E-state index is 12.7. The minimum atomic E-state index is -3.56. The van der Waals surface area contributed by atoms with Crippen molar-refractivity contribution in [3.63, 3.8) is 0 Å². The van der Waals surface area contributed by atoms with E-state index < -0.39 is 10.0 Å². The summed E-state index contributed by atoms with van der Waals surface area (Å²) in [6, 6.07) is 15.5. The number of halogens is 1. The topological polar surface area (TPSA) is 130 Å². The third kappa shape index (κ3) is 6.39. The van der Waals surface area contributed by atoms with Gasteiger partial charge >= 0.3 is 0 Å². The SMILES string of the molecule is COc1cc(N2CCNCC2)c(-c2cnn(C)c2)cc1Nc1ncc(Br)c(Nc2ccc3ccccc3c2N(C)S(C)(=O)=O)n1. The fraction of sp³-hybridized carbons (Fsp3) is 0.258. The maximum atomic E-state index is 12.7. The largest absolute Gasteiger partial charge is 0.494 e. The molecule has 0 atom stereocenters. The molecule has 0 amide bonds. The molecule has 1 aliphatic heterocycles. The van der Waals surface area contributed by atoms with Crippen LogP contribution >= 0.6 is 15.9 Å². The first kappa shape index (κ1) is 30.6. The minimum Gasteiger partial charge on any atom is -0.494 e. The molecule has 0 spiro atoms. The van der Waals surface area contributed by atoms with E-state index in [1.165, 1.54) is 10.6 Å². The summed E-state index contributed by atoms with van der Waals surface area (Å²) in [5.41, 5.74) is 4.82. The molecule has 5 aromatic rings. The predicted octanol–water partition coefficient (Wildman–Crippen LogP) is 5.09. The summed E-state index contributed by atoms with van der Waals surface area (Å²) in [6.45, 7) is 3.55. The molecule has 0 saturated carbocycles. The number of aromatic nitrogens is 4. The first-order valence-corrected chi connectivity index (χ1v) is 17.0. The summed E-state index contributed by atoms with van der Waals surface area (Å²) in [4.78, 5) is 11.6. The van der Waals surface area contributed by atoms with Crippen LogP contribution in [-0.2, 0) is 17.1 Å². The van der Waals surface area contributed by atoms with Crippen molar-refractivity contribution in [2.45, 2.75) is 0 Å². The summed E-state index contributed by atoms with van der Waals surface area (Å²) in [5, 5.41) is 16.2. The van der Waals surface area contributed by atoms with Crippen LogP contribution in [-0.4, -0.2) is 74.8 Å². The Morgan fingerprint density at radius 2 is 1.82 bits per heavy atom. The lowest BCUT2D eigenvalue weighted by atomic mass is 10.0. The predicted molar refractivity (Wildman–Crippen MR) is 184 cm³/mol. The Kier molecular flexibility index (Phi) is 8.53. The quantitative estimate of drug-likeness (QED) is 0.192. The van der Waals surface area contributed by atoms with E-state index in [0.717, 1.165) is 53.8 Å². The van der Waals surface area contributed by atoms with Crippen LogP contribution in [0.1, 0.15) is 0 Å². The first-order chi connectivity index (χ1) is 21.6. The molecule has 2 aromatic heterocycles. The van der Waals surface area contributed by atoms with Crippen LogP contribution in [0.15, 0.2) is 71.6 Å². The number of hydrogen-bond donors (Lipinski definition) is 3. The molecule has 6 rings (SSSR count). The van der Waals surface area contributed by atoms with Crippen LogP contribution in [0.5, 0.6) is 5.75 Å². The average Bonchev–Trinajstić information content (AvgIpc) is 3.48. The van der Waals surface area contributed by atoms with E-state index in [0.29, 0.717) is 39.1 Å². The molecule has 1 aliphatic rings. The van der Waals surface area contributed by atoms with Gasteiger partial charge in [-0.3, -0.25) is 8.99 Å². The smallest absolute Gasteiger partial charge is 0.232 e. The number of hydrogen-bond acceptors (Lipinski definition) is 10. The summed E-state index contributed by atoms with van der Waals surface area (Å²) in [7, 11) is 1.52. The summed E-state index contributed by atoms with van der Waals surface area (Å²) in [6.07, 6.45) is 6.66. The van der Waals surface area contributed by atoms with E-state index in [2.05, 4.69) is 46.9 Å².